The van der Waals surface area contributed by atoms with Crippen molar-refractivity contribution in [3.8, 4) is 0 Å². The molecule has 0 aromatic heterocycles. The topological polar surface area (TPSA) is 29.1 Å². The minimum absolute atomic E-state index is 0.139. The molecule has 2 rings (SSSR count). The molecule has 90 valence electrons. The van der Waals surface area contributed by atoms with Crippen LogP contribution in [0.2, 0.25) is 0 Å². The molecule has 1 atom stereocenters. The van der Waals surface area contributed by atoms with Gasteiger partial charge < -0.3 is 5.32 Å². The van der Waals surface area contributed by atoms with Gasteiger partial charge in [0.25, 0.3) is 0 Å². The van der Waals surface area contributed by atoms with Gasteiger partial charge in [0.15, 0.2) is 0 Å². The number of hydrogen-bond acceptors (Lipinski definition) is 1. The maximum atomic E-state index is 12.1. The highest BCUT2D eigenvalue weighted by Gasteiger charge is 2.19. The molecule has 0 spiro atoms. The highest BCUT2D eigenvalue weighted by Crippen LogP contribution is 2.22. The van der Waals surface area contributed by atoms with Crippen molar-refractivity contribution in [2.45, 2.75) is 33.1 Å². The number of allylic oxidation sites excluding steroid dienone is 2. The molecular formula is C15H19NO. The van der Waals surface area contributed by atoms with Crippen LogP contribution < -0.4 is 5.32 Å². The summed E-state index contributed by atoms with van der Waals surface area (Å²) < 4.78 is 0. The van der Waals surface area contributed by atoms with E-state index in [9.17, 15) is 4.79 Å². The summed E-state index contributed by atoms with van der Waals surface area (Å²) in [5.41, 5.74) is 3.32. The van der Waals surface area contributed by atoms with Crippen molar-refractivity contribution < 1.29 is 4.79 Å². The fourth-order valence-electron chi connectivity index (χ4n) is 2.15. The lowest BCUT2D eigenvalue weighted by atomic mass is 9.93. The van der Waals surface area contributed by atoms with E-state index in [2.05, 4.69) is 30.5 Å². The van der Waals surface area contributed by atoms with Crippen molar-refractivity contribution in [1.82, 2.24) is 0 Å². The van der Waals surface area contributed by atoms with E-state index < -0.39 is 0 Å². The Labute approximate surface area is 103 Å². The maximum Gasteiger partial charge on any atom is 0.227 e. The number of benzene rings is 1. The average Bonchev–Trinajstić information content (AvgIpc) is 2.36. The fourth-order valence-corrected chi connectivity index (χ4v) is 2.15. The van der Waals surface area contributed by atoms with Crippen molar-refractivity contribution in [2.24, 2.45) is 5.92 Å². The number of carbonyl (C=O) groups excluding carboxylic acids is 1. The summed E-state index contributed by atoms with van der Waals surface area (Å²) in [6, 6.07) is 6.02. The SMILES string of the molecule is Cc1cccc(NC(=O)[C@H]2CC=CCC2)c1C. The summed E-state index contributed by atoms with van der Waals surface area (Å²) in [4.78, 5) is 12.1. The molecule has 1 aromatic carbocycles. The summed E-state index contributed by atoms with van der Waals surface area (Å²) in [5.74, 6) is 0.294. The number of nitrogens with one attached hydrogen (secondary N) is 1. The summed E-state index contributed by atoms with van der Waals surface area (Å²) in [7, 11) is 0. The quantitative estimate of drug-likeness (QED) is 0.771. The predicted octanol–water partition coefficient (Wildman–Crippen LogP) is 3.60. The Morgan fingerprint density at radius 1 is 1.29 bits per heavy atom. The van der Waals surface area contributed by atoms with Gasteiger partial charge in [0.05, 0.1) is 0 Å². The van der Waals surface area contributed by atoms with Crippen molar-refractivity contribution in [3.63, 3.8) is 0 Å². The highest BCUT2D eigenvalue weighted by molar-refractivity contribution is 5.93. The minimum atomic E-state index is 0.139. The Bertz CT molecular complexity index is 448. The summed E-state index contributed by atoms with van der Waals surface area (Å²) in [6.07, 6.45) is 7.12. The van der Waals surface area contributed by atoms with Gasteiger partial charge in [-0.15, -0.1) is 0 Å². The fraction of sp³-hybridized carbons (Fsp3) is 0.400. The van der Waals surface area contributed by atoms with Crippen LogP contribution in [-0.2, 0) is 4.79 Å². The third kappa shape index (κ3) is 2.76. The Kier molecular flexibility index (Phi) is 3.62. The first-order valence-electron chi connectivity index (χ1n) is 6.20. The number of carbonyl (C=O) groups is 1. The lowest BCUT2D eigenvalue weighted by Crippen LogP contribution is -2.23. The normalized spacial score (nSPS) is 19.1. The Balaban J connectivity index is 2.07. The van der Waals surface area contributed by atoms with Crippen molar-refractivity contribution >= 4 is 11.6 Å². The van der Waals surface area contributed by atoms with E-state index in [0.717, 1.165) is 30.5 Å². The summed E-state index contributed by atoms with van der Waals surface area (Å²) in [5, 5.41) is 3.05. The van der Waals surface area contributed by atoms with Crippen LogP contribution in [0, 0.1) is 19.8 Å². The van der Waals surface area contributed by atoms with Crippen LogP contribution in [-0.4, -0.2) is 5.91 Å². The van der Waals surface area contributed by atoms with Gasteiger partial charge in [-0.25, -0.2) is 0 Å². The molecule has 2 heteroatoms. The Morgan fingerprint density at radius 2 is 2.12 bits per heavy atom. The van der Waals surface area contributed by atoms with Crippen molar-refractivity contribution in [1.29, 1.82) is 0 Å². The summed E-state index contributed by atoms with van der Waals surface area (Å²) >= 11 is 0. The monoisotopic (exact) mass is 229 g/mol. The molecule has 1 N–H and O–H groups in total. The van der Waals surface area contributed by atoms with E-state index in [-0.39, 0.29) is 11.8 Å². The zero-order valence-corrected chi connectivity index (χ0v) is 10.5. The van der Waals surface area contributed by atoms with Crippen molar-refractivity contribution in [2.75, 3.05) is 5.32 Å². The number of amides is 1. The first kappa shape index (κ1) is 11.9. The molecule has 0 saturated carbocycles. The third-order valence-electron chi connectivity index (χ3n) is 3.50. The van der Waals surface area contributed by atoms with Crippen molar-refractivity contribution in [3.05, 3.63) is 41.5 Å². The lowest BCUT2D eigenvalue weighted by molar-refractivity contribution is -0.120. The number of rotatable bonds is 2. The van der Waals surface area contributed by atoms with Gasteiger partial charge in [0.1, 0.15) is 0 Å². The number of anilines is 1. The number of aryl methyl sites for hydroxylation is 1. The van der Waals surface area contributed by atoms with E-state index in [1.807, 2.05) is 19.1 Å². The van der Waals surface area contributed by atoms with E-state index >= 15 is 0 Å². The van der Waals surface area contributed by atoms with Crippen LogP contribution in [0.25, 0.3) is 0 Å². The average molecular weight is 229 g/mol. The molecule has 0 fully saturated rings. The maximum absolute atomic E-state index is 12.1. The molecule has 0 heterocycles. The van der Waals surface area contributed by atoms with Crippen LogP contribution in [0.15, 0.2) is 30.4 Å². The van der Waals surface area contributed by atoms with Gasteiger partial charge in [0, 0.05) is 11.6 Å². The molecule has 2 nitrogen and oxygen atoms in total. The van der Waals surface area contributed by atoms with E-state index in [0.29, 0.717) is 0 Å². The zero-order chi connectivity index (χ0) is 12.3. The summed E-state index contributed by atoms with van der Waals surface area (Å²) in [6.45, 7) is 4.11. The molecule has 17 heavy (non-hydrogen) atoms. The molecule has 0 saturated heterocycles. The van der Waals surface area contributed by atoms with E-state index in [1.54, 1.807) is 0 Å². The second-order valence-electron chi connectivity index (χ2n) is 4.72. The van der Waals surface area contributed by atoms with Crippen LogP contribution in [0.4, 0.5) is 5.69 Å². The minimum Gasteiger partial charge on any atom is -0.326 e. The predicted molar refractivity (Wildman–Crippen MR) is 71.0 cm³/mol. The molecule has 1 aliphatic carbocycles. The van der Waals surface area contributed by atoms with Gasteiger partial charge in [-0.2, -0.15) is 0 Å². The molecule has 0 aliphatic heterocycles. The molecule has 0 radical (unpaired) electrons. The Hall–Kier alpha value is -1.57. The van der Waals surface area contributed by atoms with Crippen LogP contribution in [0.1, 0.15) is 30.4 Å². The first-order chi connectivity index (χ1) is 8.18. The van der Waals surface area contributed by atoms with Gasteiger partial charge in [-0.1, -0.05) is 24.3 Å². The lowest BCUT2D eigenvalue weighted by Gasteiger charge is -2.18. The third-order valence-corrected chi connectivity index (χ3v) is 3.50. The van der Waals surface area contributed by atoms with Gasteiger partial charge >= 0.3 is 0 Å². The van der Waals surface area contributed by atoms with Gasteiger partial charge in [-0.05, 0) is 50.3 Å². The van der Waals surface area contributed by atoms with Crippen LogP contribution in [0.5, 0.6) is 0 Å². The molecule has 1 aliphatic rings. The molecule has 0 unspecified atom stereocenters. The molecule has 0 bridgehead atoms. The number of hydrogen-bond donors (Lipinski definition) is 1. The van der Waals surface area contributed by atoms with Gasteiger partial charge in [0.2, 0.25) is 5.91 Å². The first-order valence-corrected chi connectivity index (χ1v) is 6.20. The second-order valence-corrected chi connectivity index (χ2v) is 4.72. The van der Waals surface area contributed by atoms with Gasteiger partial charge in [-0.3, -0.25) is 4.79 Å². The molecule has 1 amide bonds. The Morgan fingerprint density at radius 3 is 2.82 bits per heavy atom. The second kappa shape index (κ2) is 5.17. The molecular weight excluding hydrogens is 210 g/mol. The van der Waals surface area contributed by atoms with Crippen LogP contribution in [0.3, 0.4) is 0 Å². The molecule has 1 aromatic rings. The van der Waals surface area contributed by atoms with Crippen LogP contribution >= 0.6 is 0 Å². The largest absolute Gasteiger partial charge is 0.326 e. The highest BCUT2D eigenvalue weighted by atomic mass is 16.1. The van der Waals surface area contributed by atoms with E-state index in [1.165, 1.54) is 5.56 Å². The standard InChI is InChI=1S/C15H19NO/c1-11-7-6-10-14(12(11)2)16-15(17)13-8-4-3-5-9-13/h3-4,6-7,10,13H,5,8-9H2,1-2H3,(H,16,17)/t13-/m0/s1. The zero-order valence-electron chi connectivity index (χ0n) is 10.5. The smallest absolute Gasteiger partial charge is 0.227 e. The van der Waals surface area contributed by atoms with E-state index in [4.69, 9.17) is 0 Å².